The lowest BCUT2D eigenvalue weighted by Gasteiger charge is -2.06. The van der Waals surface area contributed by atoms with Crippen molar-refractivity contribution in [1.29, 1.82) is 0 Å². The van der Waals surface area contributed by atoms with Gasteiger partial charge in [0.2, 0.25) is 0 Å². The molecule has 1 N–H and O–H groups in total. The highest BCUT2D eigenvalue weighted by atomic mass is 16.5. The molecule has 0 saturated carbocycles. The lowest BCUT2D eigenvalue weighted by atomic mass is 10.0. The first-order valence-electron chi connectivity index (χ1n) is 24.5. The summed E-state index contributed by atoms with van der Waals surface area (Å²) in [6.07, 6.45) is 51.7. The number of aliphatic hydroxyl groups is 1. The lowest BCUT2D eigenvalue weighted by molar-refractivity contribution is -0.152. The molecule has 0 aromatic carbocycles. The third kappa shape index (κ3) is 50.9. The first-order valence-corrected chi connectivity index (χ1v) is 24.5. The van der Waals surface area contributed by atoms with Gasteiger partial charge in [0.1, 0.15) is 6.10 Å². The fourth-order valence-corrected chi connectivity index (χ4v) is 7.08. The molecule has 1 unspecified atom stereocenters. The molecule has 0 aromatic heterocycles. The summed E-state index contributed by atoms with van der Waals surface area (Å²) in [5.74, 6) is -0.481. The van der Waals surface area contributed by atoms with Crippen molar-refractivity contribution in [2.24, 2.45) is 0 Å². The monoisotopic (exact) mass is 767 g/mol. The van der Waals surface area contributed by atoms with Crippen molar-refractivity contribution in [3.8, 4) is 0 Å². The number of esters is 2. The zero-order valence-electron chi connectivity index (χ0n) is 37.4. The second-order valence-corrected chi connectivity index (χ2v) is 16.5. The summed E-state index contributed by atoms with van der Waals surface area (Å²) in [7, 11) is 0. The van der Waals surface area contributed by atoms with Gasteiger partial charge in [-0.1, -0.05) is 252 Å². The van der Waals surface area contributed by atoms with Crippen LogP contribution in [0.25, 0.3) is 0 Å². The Labute approximate surface area is 339 Å². The summed E-state index contributed by atoms with van der Waals surface area (Å²) in [6.45, 7) is 9.34. The molecule has 0 aliphatic heterocycles. The summed E-state index contributed by atoms with van der Waals surface area (Å²) in [6, 6.07) is 0. The van der Waals surface area contributed by atoms with Gasteiger partial charge in [-0.25, -0.2) is 4.79 Å². The normalized spacial score (nSPS) is 11.6. The molecule has 5 heteroatoms. The van der Waals surface area contributed by atoms with Crippen LogP contribution in [0.15, 0.2) is 0 Å². The number of carbonyl (C=O) groups excluding carboxylic acids is 2. The minimum absolute atomic E-state index is 0.0237. The number of rotatable bonds is 43. The van der Waals surface area contributed by atoms with Gasteiger partial charge in [0.05, 0.1) is 13.2 Å². The Morgan fingerprint density at radius 1 is 0.352 bits per heavy atom. The Hall–Kier alpha value is -1.10. The number of carbonyl (C=O) groups is 2. The predicted octanol–water partition coefficient (Wildman–Crippen LogP) is 16.1. The zero-order chi connectivity index (χ0) is 39.8. The molecule has 0 rings (SSSR count). The van der Waals surface area contributed by atoms with E-state index in [0.717, 1.165) is 25.7 Å². The van der Waals surface area contributed by atoms with E-state index >= 15 is 0 Å². The molecule has 0 bridgehead atoms. The number of unbranched alkanes of at least 4 members (excludes halogenated alkanes) is 36. The molecule has 0 aliphatic rings. The molecule has 0 heterocycles. The molecule has 324 valence electrons. The number of hydrogen-bond donors (Lipinski definition) is 1. The highest BCUT2D eigenvalue weighted by Gasteiger charge is 2.09. The third-order valence-corrected chi connectivity index (χ3v) is 10.8. The predicted molar refractivity (Wildman–Crippen MR) is 235 cm³/mol. The Bertz CT molecular complexity index is 708. The van der Waals surface area contributed by atoms with Gasteiger partial charge in [-0.15, -0.1) is 0 Å². The van der Waals surface area contributed by atoms with Crippen LogP contribution in [0.2, 0.25) is 0 Å². The van der Waals surface area contributed by atoms with Crippen LogP contribution in [0.3, 0.4) is 0 Å². The SMILES string of the molecule is CCCCCCCCCCCCCCCCOC(=O)C(C)O.CCCCCCCCCCCCCCCCOC(=O)CCCCCCCCCCCCC. The fraction of sp³-hybridized carbons (Fsp3) is 0.959. The van der Waals surface area contributed by atoms with E-state index in [1.54, 1.807) is 0 Å². The Morgan fingerprint density at radius 3 is 0.833 bits per heavy atom. The molecule has 0 aliphatic carbocycles. The van der Waals surface area contributed by atoms with Crippen molar-refractivity contribution >= 4 is 11.9 Å². The first-order chi connectivity index (χ1) is 26.5. The summed E-state index contributed by atoms with van der Waals surface area (Å²) in [5.41, 5.74) is 0. The average Bonchev–Trinajstić information content (AvgIpc) is 3.17. The van der Waals surface area contributed by atoms with Gasteiger partial charge in [-0.2, -0.15) is 0 Å². The summed E-state index contributed by atoms with van der Waals surface area (Å²) in [5, 5.41) is 8.96. The summed E-state index contributed by atoms with van der Waals surface area (Å²) < 4.78 is 10.3. The number of hydrogen-bond acceptors (Lipinski definition) is 5. The van der Waals surface area contributed by atoms with Crippen LogP contribution in [0, 0.1) is 0 Å². The third-order valence-electron chi connectivity index (χ3n) is 10.8. The molecule has 0 amide bonds. The molecule has 5 nitrogen and oxygen atoms in total. The molecule has 1 atom stereocenters. The second kappa shape index (κ2) is 49.9. The Kier molecular flexibility index (Phi) is 50.8. The van der Waals surface area contributed by atoms with Crippen molar-refractivity contribution < 1.29 is 24.2 Å². The minimum atomic E-state index is -0.994. The quantitative estimate of drug-likeness (QED) is 0.0494. The van der Waals surface area contributed by atoms with Crippen molar-refractivity contribution in [2.75, 3.05) is 13.2 Å². The zero-order valence-corrected chi connectivity index (χ0v) is 37.4. The van der Waals surface area contributed by atoms with E-state index in [1.165, 1.54) is 232 Å². The smallest absolute Gasteiger partial charge is 0.334 e. The van der Waals surface area contributed by atoms with E-state index in [4.69, 9.17) is 14.6 Å². The van der Waals surface area contributed by atoms with Gasteiger partial charge in [-0.3, -0.25) is 4.79 Å². The second-order valence-electron chi connectivity index (χ2n) is 16.5. The van der Waals surface area contributed by atoms with E-state index in [9.17, 15) is 9.59 Å². The maximum Gasteiger partial charge on any atom is 0.334 e. The largest absolute Gasteiger partial charge is 0.466 e. The van der Waals surface area contributed by atoms with Crippen LogP contribution < -0.4 is 0 Å². The number of aliphatic hydroxyl groups excluding tert-OH is 1. The van der Waals surface area contributed by atoms with Crippen molar-refractivity contribution in [3.63, 3.8) is 0 Å². The van der Waals surface area contributed by atoms with E-state index in [-0.39, 0.29) is 5.97 Å². The topological polar surface area (TPSA) is 72.8 Å². The van der Waals surface area contributed by atoms with Crippen LogP contribution in [0.5, 0.6) is 0 Å². The standard InChI is InChI=1S/C30H60O2.C19H38O3/c1-3-5-7-9-11-13-15-16-17-19-21-23-25-27-29-32-30(31)28-26-24-22-20-18-14-12-10-8-6-4-2;1-3-4-5-6-7-8-9-10-11-12-13-14-15-16-17-22-19(21)18(2)20/h3-29H2,1-2H3;18,20H,3-17H2,1-2H3. The van der Waals surface area contributed by atoms with Gasteiger partial charge < -0.3 is 14.6 Å². The van der Waals surface area contributed by atoms with Crippen LogP contribution >= 0.6 is 0 Å². The molecule has 54 heavy (non-hydrogen) atoms. The minimum Gasteiger partial charge on any atom is -0.466 e. The van der Waals surface area contributed by atoms with Crippen LogP contribution in [0.1, 0.15) is 285 Å². The molecule has 0 radical (unpaired) electrons. The average molecular weight is 767 g/mol. The maximum atomic E-state index is 11.8. The van der Waals surface area contributed by atoms with Crippen LogP contribution in [-0.2, 0) is 19.1 Å². The van der Waals surface area contributed by atoms with Gasteiger partial charge in [0.25, 0.3) is 0 Å². The van der Waals surface area contributed by atoms with Gasteiger partial charge >= 0.3 is 11.9 Å². The van der Waals surface area contributed by atoms with Gasteiger partial charge in [0, 0.05) is 6.42 Å². The van der Waals surface area contributed by atoms with E-state index < -0.39 is 12.1 Å². The number of ether oxygens (including phenoxy) is 2. The highest BCUT2D eigenvalue weighted by Crippen LogP contribution is 2.15. The van der Waals surface area contributed by atoms with Crippen LogP contribution in [-0.4, -0.2) is 36.4 Å². The van der Waals surface area contributed by atoms with E-state index in [0.29, 0.717) is 19.6 Å². The molecule has 0 aromatic rings. The fourth-order valence-electron chi connectivity index (χ4n) is 7.08. The van der Waals surface area contributed by atoms with Crippen molar-refractivity contribution in [2.45, 2.75) is 291 Å². The molecular weight excluding hydrogens is 669 g/mol. The molecule has 0 saturated heterocycles. The van der Waals surface area contributed by atoms with Crippen molar-refractivity contribution in [3.05, 3.63) is 0 Å². The molecule has 0 spiro atoms. The summed E-state index contributed by atoms with van der Waals surface area (Å²) >= 11 is 0. The summed E-state index contributed by atoms with van der Waals surface area (Å²) in [4.78, 5) is 22.8. The Morgan fingerprint density at radius 2 is 0.574 bits per heavy atom. The first kappa shape index (κ1) is 55.0. The van der Waals surface area contributed by atoms with E-state index in [2.05, 4.69) is 20.8 Å². The highest BCUT2D eigenvalue weighted by molar-refractivity contribution is 5.73. The molecular formula is C49H98O5. The molecule has 0 fully saturated rings. The van der Waals surface area contributed by atoms with Crippen LogP contribution in [0.4, 0.5) is 0 Å². The van der Waals surface area contributed by atoms with Gasteiger partial charge in [-0.05, 0) is 26.2 Å². The Balaban J connectivity index is 0. The lowest BCUT2D eigenvalue weighted by Crippen LogP contribution is -2.19. The van der Waals surface area contributed by atoms with Gasteiger partial charge in [0.15, 0.2) is 0 Å². The maximum absolute atomic E-state index is 11.8. The van der Waals surface area contributed by atoms with Crippen molar-refractivity contribution in [1.82, 2.24) is 0 Å². The van der Waals surface area contributed by atoms with E-state index in [1.807, 2.05) is 0 Å².